The summed E-state index contributed by atoms with van der Waals surface area (Å²) in [6.45, 7) is 0. The van der Waals surface area contributed by atoms with Gasteiger partial charge in [0.1, 0.15) is 5.75 Å². The Morgan fingerprint density at radius 2 is 2.00 bits per heavy atom. The number of phenols is 1. The van der Waals surface area contributed by atoms with Crippen LogP contribution in [0, 0.1) is 0 Å². The summed E-state index contributed by atoms with van der Waals surface area (Å²) in [5, 5.41) is 9.04. The fourth-order valence-corrected chi connectivity index (χ4v) is 0.771. The maximum atomic E-state index is 9.04. The maximum absolute atomic E-state index is 9.04. The maximum Gasteiger partial charge on any atom is 1.00 e. The van der Waals surface area contributed by atoms with Gasteiger partial charge in [-0.2, -0.15) is 0 Å². The standard InChI is InChI=1S/C8H11NO.Na.H/c1-9(2)7-4-3-5-8(10)6-7;;/h3-6,10H,1-2H3;;/q;+1;-1. The molecule has 11 heavy (non-hydrogen) atoms. The number of aromatic hydroxyl groups is 1. The minimum Gasteiger partial charge on any atom is -1.00 e. The summed E-state index contributed by atoms with van der Waals surface area (Å²) in [4.78, 5) is 1.94. The molecule has 0 bridgehead atoms. The zero-order valence-corrected chi connectivity index (χ0v) is 9.20. The van der Waals surface area contributed by atoms with Gasteiger partial charge in [-0.15, -0.1) is 0 Å². The van der Waals surface area contributed by atoms with Crippen LogP contribution in [0.5, 0.6) is 5.75 Å². The Balaban J connectivity index is 0. The van der Waals surface area contributed by atoms with E-state index < -0.39 is 0 Å². The first-order valence-electron chi connectivity index (χ1n) is 3.16. The summed E-state index contributed by atoms with van der Waals surface area (Å²) in [5.41, 5.74) is 1.01. The van der Waals surface area contributed by atoms with Crippen molar-refractivity contribution in [2.24, 2.45) is 0 Å². The minimum absolute atomic E-state index is 0. The van der Waals surface area contributed by atoms with Crippen LogP contribution in [0.15, 0.2) is 24.3 Å². The second kappa shape index (κ2) is 4.65. The van der Waals surface area contributed by atoms with Gasteiger partial charge in [0, 0.05) is 25.8 Å². The minimum atomic E-state index is 0. The van der Waals surface area contributed by atoms with Crippen LogP contribution in [-0.4, -0.2) is 19.2 Å². The Hall–Kier alpha value is -0.180. The van der Waals surface area contributed by atoms with E-state index in [-0.39, 0.29) is 31.0 Å². The van der Waals surface area contributed by atoms with E-state index in [1.165, 1.54) is 0 Å². The van der Waals surface area contributed by atoms with Gasteiger partial charge in [-0.3, -0.25) is 0 Å². The molecule has 1 N–H and O–H groups in total. The van der Waals surface area contributed by atoms with Crippen molar-refractivity contribution in [2.45, 2.75) is 0 Å². The first-order valence-corrected chi connectivity index (χ1v) is 3.16. The van der Waals surface area contributed by atoms with Crippen LogP contribution in [-0.2, 0) is 0 Å². The summed E-state index contributed by atoms with van der Waals surface area (Å²) >= 11 is 0. The van der Waals surface area contributed by atoms with Crippen molar-refractivity contribution in [1.82, 2.24) is 0 Å². The Morgan fingerprint density at radius 1 is 1.36 bits per heavy atom. The summed E-state index contributed by atoms with van der Waals surface area (Å²) in [6.07, 6.45) is 0. The molecule has 0 atom stereocenters. The molecular weight excluding hydrogens is 149 g/mol. The predicted octanol–water partition coefficient (Wildman–Crippen LogP) is -1.43. The average molecular weight is 161 g/mol. The number of benzene rings is 1. The number of hydrogen-bond acceptors (Lipinski definition) is 2. The third kappa shape index (κ3) is 3.14. The number of hydrogen-bond donors (Lipinski definition) is 1. The Kier molecular flexibility index (Phi) is 4.57. The van der Waals surface area contributed by atoms with Crippen molar-refractivity contribution in [1.29, 1.82) is 0 Å². The molecule has 0 unspecified atom stereocenters. The van der Waals surface area contributed by atoms with E-state index in [4.69, 9.17) is 5.11 Å². The van der Waals surface area contributed by atoms with Gasteiger partial charge in [0.05, 0.1) is 0 Å². The number of rotatable bonds is 1. The molecule has 0 saturated heterocycles. The summed E-state index contributed by atoms with van der Waals surface area (Å²) in [6, 6.07) is 7.15. The van der Waals surface area contributed by atoms with Gasteiger partial charge < -0.3 is 11.4 Å². The molecule has 3 heteroatoms. The second-order valence-electron chi connectivity index (χ2n) is 2.41. The van der Waals surface area contributed by atoms with Crippen LogP contribution >= 0.6 is 0 Å². The first-order chi connectivity index (χ1) is 4.70. The Bertz CT molecular complexity index is 230. The third-order valence-corrected chi connectivity index (χ3v) is 1.35. The number of phenolic OH excluding ortho intramolecular Hbond substituents is 1. The van der Waals surface area contributed by atoms with Crippen LogP contribution in [0.4, 0.5) is 5.69 Å². The van der Waals surface area contributed by atoms with Gasteiger partial charge in [0.2, 0.25) is 0 Å². The van der Waals surface area contributed by atoms with Gasteiger partial charge in [0.15, 0.2) is 0 Å². The van der Waals surface area contributed by atoms with E-state index in [9.17, 15) is 0 Å². The quantitative estimate of drug-likeness (QED) is 0.511. The molecule has 0 aliphatic heterocycles. The SMILES string of the molecule is CN(C)c1cccc(O)c1.[H-].[Na+]. The predicted molar refractivity (Wildman–Crippen MR) is 43.5 cm³/mol. The zero-order chi connectivity index (χ0) is 7.56. The molecule has 0 aromatic heterocycles. The molecule has 0 fully saturated rings. The van der Waals surface area contributed by atoms with Crippen LogP contribution in [0.3, 0.4) is 0 Å². The van der Waals surface area contributed by atoms with Crippen molar-refractivity contribution < 1.29 is 36.1 Å². The van der Waals surface area contributed by atoms with Gasteiger partial charge in [-0.1, -0.05) is 6.07 Å². The van der Waals surface area contributed by atoms with Crippen LogP contribution in [0.25, 0.3) is 0 Å². The first kappa shape index (κ1) is 10.8. The molecule has 0 amide bonds. The summed E-state index contributed by atoms with van der Waals surface area (Å²) < 4.78 is 0. The molecule has 0 aliphatic rings. The monoisotopic (exact) mass is 161 g/mol. The molecule has 56 valence electrons. The molecule has 0 heterocycles. The van der Waals surface area contributed by atoms with E-state index in [2.05, 4.69) is 0 Å². The molecule has 2 nitrogen and oxygen atoms in total. The van der Waals surface area contributed by atoms with Crippen LogP contribution in [0.2, 0.25) is 0 Å². The Labute approximate surface area is 90.6 Å². The fraction of sp³-hybridized carbons (Fsp3) is 0.250. The molecule has 0 aliphatic carbocycles. The van der Waals surface area contributed by atoms with Crippen molar-refractivity contribution in [3.8, 4) is 5.75 Å². The fourth-order valence-electron chi connectivity index (χ4n) is 0.771. The van der Waals surface area contributed by atoms with Gasteiger partial charge in [-0.05, 0) is 12.1 Å². The van der Waals surface area contributed by atoms with Crippen molar-refractivity contribution in [2.75, 3.05) is 19.0 Å². The normalized spacial score (nSPS) is 8.55. The van der Waals surface area contributed by atoms with E-state index >= 15 is 0 Å². The number of anilines is 1. The average Bonchev–Trinajstić information content (AvgIpc) is 1.88. The van der Waals surface area contributed by atoms with Crippen molar-refractivity contribution in [3.05, 3.63) is 24.3 Å². The summed E-state index contributed by atoms with van der Waals surface area (Å²) in [5.74, 6) is 0.311. The topological polar surface area (TPSA) is 23.5 Å². The molecule has 0 saturated carbocycles. The second-order valence-corrected chi connectivity index (χ2v) is 2.41. The van der Waals surface area contributed by atoms with E-state index in [1.807, 2.05) is 31.1 Å². The molecule has 0 radical (unpaired) electrons. The van der Waals surface area contributed by atoms with E-state index in [0.29, 0.717) is 5.75 Å². The van der Waals surface area contributed by atoms with Crippen molar-refractivity contribution >= 4 is 5.69 Å². The largest absolute Gasteiger partial charge is 1.00 e. The van der Waals surface area contributed by atoms with Gasteiger partial charge in [0.25, 0.3) is 0 Å². The van der Waals surface area contributed by atoms with Gasteiger partial charge >= 0.3 is 29.6 Å². The molecule has 1 aromatic rings. The molecule has 1 rings (SSSR count). The molecular formula is C8H12NNaO. The number of nitrogens with zero attached hydrogens (tertiary/aromatic N) is 1. The summed E-state index contributed by atoms with van der Waals surface area (Å²) in [7, 11) is 3.88. The molecule has 0 spiro atoms. The van der Waals surface area contributed by atoms with E-state index in [1.54, 1.807) is 12.1 Å². The third-order valence-electron chi connectivity index (χ3n) is 1.35. The Morgan fingerprint density at radius 3 is 2.36 bits per heavy atom. The van der Waals surface area contributed by atoms with Crippen LogP contribution in [0.1, 0.15) is 1.43 Å². The van der Waals surface area contributed by atoms with E-state index in [0.717, 1.165) is 5.69 Å². The zero-order valence-electron chi connectivity index (χ0n) is 8.20. The molecule has 1 aromatic carbocycles. The van der Waals surface area contributed by atoms with Crippen molar-refractivity contribution in [3.63, 3.8) is 0 Å². The van der Waals surface area contributed by atoms with Crippen LogP contribution < -0.4 is 34.5 Å². The smallest absolute Gasteiger partial charge is 1.00 e. The van der Waals surface area contributed by atoms with Gasteiger partial charge in [-0.25, -0.2) is 0 Å².